The van der Waals surface area contributed by atoms with Crippen LogP contribution in [0.2, 0.25) is 0 Å². The quantitative estimate of drug-likeness (QED) is 0.364. The van der Waals surface area contributed by atoms with Crippen molar-refractivity contribution in [3.8, 4) is 11.5 Å². The van der Waals surface area contributed by atoms with Gasteiger partial charge in [0.05, 0.1) is 7.11 Å². The summed E-state index contributed by atoms with van der Waals surface area (Å²) in [6.07, 6.45) is 0.971. The number of carboxylic acids is 1. The van der Waals surface area contributed by atoms with E-state index in [9.17, 15) is 14.7 Å². The van der Waals surface area contributed by atoms with Gasteiger partial charge in [0, 0.05) is 25.1 Å². The summed E-state index contributed by atoms with van der Waals surface area (Å²) in [4.78, 5) is 27.7. The minimum atomic E-state index is -1.07. The molecule has 1 amide bonds. The average Bonchev–Trinajstić information content (AvgIpc) is 2.94. The predicted octanol–water partition coefficient (Wildman–Crippen LogP) is 5.17. The molecule has 0 aliphatic carbocycles. The van der Waals surface area contributed by atoms with Crippen LogP contribution >= 0.6 is 0 Å². The summed E-state index contributed by atoms with van der Waals surface area (Å²) >= 11 is 0. The Morgan fingerprint density at radius 1 is 1.03 bits per heavy atom. The Kier molecular flexibility index (Phi) is 8.80. The van der Waals surface area contributed by atoms with Gasteiger partial charge in [-0.1, -0.05) is 80.1 Å². The molecule has 4 rings (SSSR count). The second-order valence-corrected chi connectivity index (χ2v) is 9.05. The van der Waals surface area contributed by atoms with E-state index in [1.165, 1.54) is 4.90 Å². The first kappa shape index (κ1) is 26.2. The van der Waals surface area contributed by atoms with E-state index >= 15 is 0 Å². The van der Waals surface area contributed by atoms with Crippen molar-refractivity contribution in [2.75, 3.05) is 13.7 Å². The average molecular weight is 504 g/mol. The zero-order chi connectivity index (χ0) is 26.2. The van der Waals surface area contributed by atoms with Gasteiger partial charge in [0.1, 0.15) is 12.6 Å². The zero-order valence-corrected chi connectivity index (χ0v) is 21.3. The number of fused-ring (bicyclic) bond motifs is 1. The Bertz CT molecular complexity index is 1200. The molecule has 7 nitrogen and oxygen atoms in total. The van der Waals surface area contributed by atoms with Crippen LogP contribution in [0.15, 0.2) is 72.8 Å². The van der Waals surface area contributed by atoms with Crippen LogP contribution in [0.25, 0.3) is 0 Å². The van der Waals surface area contributed by atoms with E-state index in [1.807, 2.05) is 66.7 Å². The molecule has 7 heteroatoms. The number of carbonyl (C=O) groups excluding carboxylic acids is 1. The summed E-state index contributed by atoms with van der Waals surface area (Å²) in [6, 6.07) is 21.6. The molecule has 0 bridgehead atoms. The van der Waals surface area contributed by atoms with E-state index in [0.717, 1.165) is 29.5 Å². The van der Waals surface area contributed by atoms with Crippen LogP contribution in [0.4, 0.5) is 0 Å². The molecule has 0 radical (unpaired) electrons. The van der Waals surface area contributed by atoms with Crippen molar-refractivity contribution >= 4 is 11.9 Å². The summed E-state index contributed by atoms with van der Waals surface area (Å²) in [5.41, 5.74) is 3.27. The number of carboxylic acid groups (broad SMARTS) is 1. The van der Waals surface area contributed by atoms with Crippen molar-refractivity contribution in [2.24, 2.45) is 0 Å². The van der Waals surface area contributed by atoms with Crippen molar-refractivity contribution in [3.63, 3.8) is 0 Å². The molecule has 194 valence electrons. The molecular formula is C30H33NO6. The Hall–Kier alpha value is -3.84. The Morgan fingerprint density at radius 3 is 2.38 bits per heavy atom. The van der Waals surface area contributed by atoms with Crippen LogP contribution in [0.1, 0.15) is 48.1 Å². The minimum absolute atomic E-state index is 0.105. The van der Waals surface area contributed by atoms with Crippen LogP contribution in [0, 0.1) is 0 Å². The molecule has 0 spiro atoms. The molecule has 1 heterocycles. The lowest BCUT2D eigenvalue weighted by Crippen LogP contribution is -2.50. The van der Waals surface area contributed by atoms with Crippen molar-refractivity contribution < 1.29 is 28.9 Å². The fraction of sp³-hybridized carbons (Fsp3) is 0.333. The third-order valence-electron chi connectivity index (χ3n) is 6.56. The number of aliphatic carboxylic acids is 1. The van der Waals surface area contributed by atoms with Crippen molar-refractivity contribution in [1.29, 1.82) is 0 Å². The molecular weight excluding hydrogens is 470 g/mol. The Balaban J connectivity index is 1.65. The summed E-state index contributed by atoms with van der Waals surface area (Å²) in [6.45, 7) is 2.92. The first-order valence-electron chi connectivity index (χ1n) is 12.6. The summed E-state index contributed by atoms with van der Waals surface area (Å²) < 4.78 is 17.7. The van der Waals surface area contributed by atoms with E-state index in [4.69, 9.17) is 14.2 Å². The van der Waals surface area contributed by atoms with Crippen LogP contribution in [-0.4, -0.2) is 41.6 Å². The molecule has 0 saturated carbocycles. The van der Waals surface area contributed by atoms with Crippen molar-refractivity contribution in [2.45, 2.75) is 51.5 Å². The van der Waals surface area contributed by atoms with E-state index < -0.39 is 18.1 Å². The Morgan fingerprint density at radius 2 is 1.73 bits per heavy atom. The van der Waals surface area contributed by atoms with Gasteiger partial charge in [-0.3, -0.25) is 4.79 Å². The van der Waals surface area contributed by atoms with Crippen LogP contribution < -0.4 is 9.47 Å². The van der Waals surface area contributed by atoms with Gasteiger partial charge in [-0.15, -0.1) is 0 Å². The SMILES string of the molecule is CCCCOC(C(=O)N1Cc2ccc(OC)c(OCc3ccccc3)c2CC1C(=O)O)c1ccccc1. The van der Waals surface area contributed by atoms with Crippen molar-refractivity contribution in [1.82, 2.24) is 4.90 Å². The lowest BCUT2D eigenvalue weighted by molar-refractivity contribution is -0.158. The number of ether oxygens (including phenoxy) is 3. The molecule has 1 aliphatic heterocycles. The van der Waals surface area contributed by atoms with E-state index in [2.05, 4.69) is 6.92 Å². The van der Waals surface area contributed by atoms with E-state index in [-0.39, 0.29) is 18.9 Å². The molecule has 2 atom stereocenters. The van der Waals surface area contributed by atoms with Crippen LogP contribution in [0.3, 0.4) is 0 Å². The topological polar surface area (TPSA) is 85.3 Å². The summed E-state index contributed by atoms with van der Waals surface area (Å²) in [7, 11) is 1.56. The molecule has 1 N–H and O–H groups in total. The Labute approximate surface area is 217 Å². The highest BCUT2D eigenvalue weighted by atomic mass is 16.5. The third kappa shape index (κ3) is 6.12. The largest absolute Gasteiger partial charge is 0.493 e. The number of rotatable bonds is 11. The van der Waals surface area contributed by atoms with Gasteiger partial charge >= 0.3 is 5.97 Å². The van der Waals surface area contributed by atoms with E-state index in [0.29, 0.717) is 30.3 Å². The highest BCUT2D eigenvalue weighted by molar-refractivity contribution is 5.88. The van der Waals surface area contributed by atoms with Gasteiger partial charge in [-0.2, -0.15) is 0 Å². The number of methoxy groups -OCH3 is 1. The number of unbranched alkanes of at least 4 members (excludes halogenated alkanes) is 1. The maximum absolute atomic E-state index is 13.8. The standard InChI is InChI=1S/C30H33NO6/c1-3-4-17-36-27(22-13-9-6-10-14-22)29(32)31-19-23-15-16-26(35-2)28(24(23)18-25(31)30(33)34)37-20-21-11-7-5-8-12-21/h5-16,25,27H,3-4,17-20H2,1-2H3,(H,33,34). The molecule has 0 aromatic heterocycles. The number of nitrogens with zero attached hydrogens (tertiary/aromatic N) is 1. The summed E-state index contributed by atoms with van der Waals surface area (Å²) in [5.74, 6) is -0.385. The normalized spacial score (nSPS) is 15.5. The number of hydrogen-bond acceptors (Lipinski definition) is 5. The second-order valence-electron chi connectivity index (χ2n) is 9.05. The zero-order valence-electron chi connectivity index (χ0n) is 21.3. The van der Waals surface area contributed by atoms with Gasteiger partial charge in [-0.05, 0) is 29.2 Å². The van der Waals surface area contributed by atoms with Crippen LogP contribution in [-0.2, 0) is 33.9 Å². The van der Waals surface area contributed by atoms with Gasteiger partial charge in [0.25, 0.3) is 5.91 Å². The second kappa shape index (κ2) is 12.4. The number of hydrogen-bond donors (Lipinski definition) is 1. The molecule has 1 aliphatic rings. The number of amides is 1. The number of benzene rings is 3. The molecule has 37 heavy (non-hydrogen) atoms. The van der Waals surface area contributed by atoms with Gasteiger partial charge in [0.2, 0.25) is 0 Å². The highest BCUT2D eigenvalue weighted by Crippen LogP contribution is 2.39. The lowest BCUT2D eigenvalue weighted by Gasteiger charge is -2.37. The molecule has 2 unspecified atom stereocenters. The van der Waals surface area contributed by atoms with E-state index in [1.54, 1.807) is 13.2 Å². The van der Waals surface area contributed by atoms with Gasteiger partial charge in [0.15, 0.2) is 17.6 Å². The van der Waals surface area contributed by atoms with Gasteiger partial charge < -0.3 is 24.2 Å². The maximum Gasteiger partial charge on any atom is 0.326 e. The smallest absolute Gasteiger partial charge is 0.326 e. The summed E-state index contributed by atoms with van der Waals surface area (Å²) in [5, 5.41) is 10.2. The molecule has 0 fully saturated rings. The first-order chi connectivity index (χ1) is 18.0. The monoisotopic (exact) mass is 503 g/mol. The molecule has 3 aromatic rings. The fourth-order valence-corrected chi connectivity index (χ4v) is 4.55. The van der Waals surface area contributed by atoms with Gasteiger partial charge in [-0.25, -0.2) is 4.79 Å². The van der Waals surface area contributed by atoms with Crippen LogP contribution in [0.5, 0.6) is 11.5 Å². The third-order valence-corrected chi connectivity index (χ3v) is 6.56. The van der Waals surface area contributed by atoms with Crippen molar-refractivity contribution in [3.05, 3.63) is 95.1 Å². The molecule has 3 aromatic carbocycles. The maximum atomic E-state index is 13.8. The molecule has 0 saturated heterocycles. The highest BCUT2D eigenvalue weighted by Gasteiger charge is 2.40. The fourth-order valence-electron chi connectivity index (χ4n) is 4.55. The predicted molar refractivity (Wildman–Crippen MR) is 139 cm³/mol. The lowest BCUT2D eigenvalue weighted by atomic mass is 9.91. The minimum Gasteiger partial charge on any atom is -0.493 e. The number of carbonyl (C=O) groups is 2. The first-order valence-corrected chi connectivity index (χ1v) is 12.6.